The fourth-order valence-corrected chi connectivity index (χ4v) is 6.34. The van der Waals surface area contributed by atoms with E-state index in [0.29, 0.717) is 12.5 Å². The number of thiol groups is 1. The van der Waals surface area contributed by atoms with Gasteiger partial charge in [-0.05, 0) is 61.6 Å². The van der Waals surface area contributed by atoms with Gasteiger partial charge in [0.1, 0.15) is 0 Å². The number of pyridine rings is 1. The van der Waals surface area contributed by atoms with Gasteiger partial charge in [-0.15, -0.1) is 0 Å². The van der Waals surface area contributed by atoms with Gasteiger partial charge >= 0.3 is 0 Å². The molecule has 3 aromatic rings. The van der Waals surface area contributed by atoms with Gasteiger partial charge in [0.05, 0.1) is 30.6 Å². The third-order valence-corrected chi connectivity index (χ3v) is 8.20. The maximum Gasteiger partial charge on any atom is 0.201 e. The molecule has 1 aliphatic carbocycles. The lowest BCUT2D eigenvalue weighted by molar-refractivity contribution is 0.0102. The fraction of sp³-hybridized carbons (Fsp3) is 0.414. The Morgan fingerprint density at radius 3 is 2.33 bits per heavy atom. The summed E-state index contributed by atoms with van der Waals surface area (Å²) in [4.78, 5) is 6.81. The van der Waals surface area contributed by atoms with Crippen LogP contribution < -0.4 is 9.62 Å². The van der Waals surface area contributed by atoms with Crippen molar-refractivity contribution >= 4 is 16.6 Å². The third kappa shape index (κ3) is 6.14. The molecule has 36 heavy (non-hydrogen) atoms. The summed E-state index contributed by atoms with van der Waals surface area (Å²) < 4.78 is 32.5. The van der Waals surface area contributed by atoms with E-state index in [0.717, 1.165) is 61.9 Å². The first-order chi connectivity index (χ1) is 17.7. The van der Waals surface area contributed by atoms with Gasteiger partial charge < -0.3 is 9.64 Å². The molecule has 1 aliphatic heterocycles. The number of ether oxygens (including phenoxy) is 1. The highest BCUT2D eigenvalue weighted by molar-refractivity contribution is 7.70. The van der Waals surface area contributed by atoms with Crippen LogP contribution in [0.25, 0.3) is 11.1 Å². The van der Waals surface area contributed by atoms with Crippen LogP contribution in [0.5, 0.6) is 0 Å². The van der Waals surface area contributed by atoms with Gasteiger partial charge in [-0.3, -0.25) is 4.98 Å². The zero-order valence-corrected chi connectivity index (χ0v) is 21.4. The van der Waals surface area contributed by atoms with Gasteiger partial charge in [0.2, 0.25) is 10.9 Å². The summed E-state index contributed by atoms with van der Waals surface area (Å²) >= 11 is 0. The van der Waals surface area contributed by atoms with E-state index in [2.05, 4.69) is 63.1 Å². The molecular weight excluding hydrogens is 470 g/mol. The van der Waals surface area contributed by atoms with E-state index in [1.165, 1.54) is 5.56 Å². The van der Waals surface area contributed by atoms with E-state index in [1.54, 1.807) is 0 Å². The monoisotopic (exact) mass is 505 g/mol. The van der Waals surface area contributed by atoms with E-state index >= 15 is 0 Å². The van der Waals surface area contributed by atoms with Crippen LogP contribution in [0.1, 0.15) is 50.0 Å². The standard InChI is InChI=1S/C29H35N3O3S/c33-36(34)31-28-12-7-17-32(26-18-25(19-30-20-26)23-10-5-2-6-11-23)29(28)21-35-27-15-13-24(14-16-27)22-8-3-1-4-9-22/h1-6,8-11,18-20,24,27-29,36H,7,12-17,21H2,(H,31,33,34)/t24-,27+,28-,29-/m0/s1. The molecule has 1 saturated heterocycles. The lowest BCUT2D eigenvalue weighted by Gasteiger charge is -2.43. The average molecular weight is 506 g/mol. The largest absolute Gasteiger partial charge is 0.376 e. The summed E-state index contributed by atoms with van der Waals surface area (Å²) in [6, 6.07) is 22.9. The van der Waals surface area contributed by atoms with Gasteiger partial charge in [-0.1, -0.05) is 60.7 Å². The van der Waals surface area contributed by atoms with Crippen molar-refractivity contribution in [2.24, 2.45) is 0 Å². The Labute approximate surface area is 215 Å². The van der Waals surface area contributed by atoms with E-state index in [1.807, 2.05) is 30.6 Å². The molecule has 2 atom stereocenters. The van der Waals surface area contributed by atoms with Gasteiger partial charge in [0.15, 0.2) is 0 Å². The molecule has 5 rings (SSSR count). The molecule has 0 unspecified atom stereocenters. The van der Waals surface area contributed by atoms with Gasteiger partial charge in [-0.2, -0.15) is 0 Å². The van der Waals surface area contributed by atoms with Crippen molar-refractivity contribution in [3.05, 3.63) is 84.7 Å². The molecule has 2 fully saturated rings. The lowest BCUT2D eigenvalue weighted by atomic mass is 9.83. The molecule has 1 saturated carbocycles. The highest BCUT2D eigenvalue weighted by Crippen LogP contribution is 2.35. The molecule has 2 aliphatic rings. The van der Waals surface area contributed by atoms with Crippen LogP contribution >= 0.6 is 0 Å². The topological polar surface area (TPSA) is 71.5 Å². The van der Waals surface area contributed by atoms with Crippen molar-refractivity contribution in [1.29, 1.82) is 0 Å². The Kier molecular flexibility index (Phi) is 8.31. The minimum atomic E-state index is -2.69. The van der Waals surface area contributed by atoms with E-state index in [9.17, 15) is 8.42 Å². The fourth-order valence-electron chi connectivity index (χ4n) is 5.77. The number of hydrogen-bond donors (Lipinski definition) is 2. The van der Waals surface area contributed by atoms with Crippen LogP contribution in [0.4, 0.5) is 5.69 Å². The van der Waals surface area contributed by atoms with Crippen molar-refractivity contribution in [3.8, 4) is 11.1 Å². The average Bonchev–Trinajstić information content (AvgIpc) is 2.93. The molecule has 1 N–H and O–H groups in total. The maximum atomic E-state index is 11.6. The van der Waals surface area contributed by atoms with Crippen LogP contribution in [0, 0.1) is 0 Å². The van der Waals surface area contributed by atoms with Crippen molar-refractivity contribution in [2.75, 3.05) is 18.1 Å². The van der Waals surface area contributed by atoms with Crippen molar-refractivity contribution in [2.45, 2.75) is 62.6 Å². The zero-order valence-electron chi connectivity index (χ0n) is 20.5. The quantitative estimate of drug-likeness (QED) is 0.424. The highest BCUT2D eigenvalue weighted by Gasteiger charge is 2.34. The molecule has 2 aromatic carbocycles. The van der Waals surface area contributed by atoms with Crippen LogP contribution in [-0.4, -0.2) is 44.7 Å². The molecule has 0 spiro atoms. The van der Waals surface area contributed by atoms with Crippen molar-refractivity contribution < 1.29 is 13.2 Å². The summed E-state index contributed by atoms with van der Waals surface area (Å²) in [6.45, 7) is 1.35. The number of nitrogens with one attached hydrogen (secondary N) is 1. The molecule has 7 heteroatoms. The van der Waals surface area contributed by atoms with Crippen LogP contribution in [-0.2, 0) is 15.6 Å². The summed E-state index contributed by atoms with van der Waals surface area (Å²) in [5, 5.41) is 0. The first-order valence-corrected chi connectivity index (χ1v) is 14.2. The normalized spacial score (nSPS) is 24.6. The van der Waals surface area contributed by atoms with Crippen LogP contribution in [0.2, 0.25) is 0 Å². The highest BCUT2D eigenvalue weighted by atomic mass is 32.2. The zero-order chi connectivity index (χ0) is 24.7. The number of rotatable bonds is 8. The van der Waals surface area contributed by atoms with Gasteiger partial charge in [0.25, 0.3) is 0 Å². The smallest absolute Gasteiger partial charge is 0.201 e. The molecule has 6 nitrogen and oxygen atoms in total. The Morgan fingerprint density at radius 2 is 1.61 bits per heavy atom. The van der Waals surface area contributed by atoms with Crippen LogP contribution in [0.15, 0.2) is 79.1 Å². The van der Waals surface area contributed by atoms with Crippen molar-refractivity contribution in [1.82, 2.24) is 9.71 Å². The van der Waals surface area contributed by atoms with Gasteiger partial charge in [-0.25, -0.2) is 13.1 Å². The minimum absolute atomic E-state index is 0.0775. The van der Waals surface area contributed by atoms with E-state index < -0.39 is 10.9 Å². The third-order valence-electron chi connectivity index (χ3n) is 7.66. The van der Waals surface area contributed by atoms with Gasteiger partial charge in [0, 0.05) is 24.3 Å². The van der Waals surface area contributed by atoms with E-state index in [-0.39, 0.29) is 18.2 Å². The summed E-state index contributed by atoms with van der Waals surface area (Å²) in [6.07, 6.45) is 10.0. The molecule has 190 valence electrons. The molecule has 2 heterocycles. The number of benzene rings is 2. The van der Waals surface area contributed by atoms with E-state index in [4.69, 9.17) is 4.74 Å². The second kappa shape index (κ2) is 12.0. The molecule has 0 bridgehead atoms. The summed E-state index contributed by atoms with van der Waals surface area (Å²) in [7, 11) is -2.69. The first kappa shape index (κ1) is 24.9. The summed E-state index contributed by atoms with van der Waals surface area (Å²) in [5.41, 5.74) is 4.59. The number of piperidine rings is 1. The SMILES string of the molecule is O=[SH](=O)N[C@H]1CCCN(c2cncc(-c3ccccc3)c2)[C@H]1CO[C@H]1CC[C@@H](c2ccccc2)CC1. The Morgan fingerprint density at radius 1 is 0.889 bits per heavy atom. The van der Waals surface area contributed by atoms with Crippen molar-refractivity contribution in [3.63, 3.8) is 0 Å². The van der Waals surface area contributed by atoms with Crippen LogP contribution in [0.3, 0.4) is 0 Å². The number of nitrogens with zero attached hydrogens (tertiary/aromatic N) is 2. The number of aromatic nitrogens is 1. The Bertz CT molecular complexity index is 1170. The molecule has 1 aromatic heterocycles. The Hall–Kier alpha value is -2.74. The number of hydrogen-bond acceptors (Lipinski definition) is 5. The first-order valence-electron chi connectivity index (χ1n) is 13.0. The molecular formula is C29H35N3O3S. The predicted molar refractivity (Wildman–Crippen MR) is 145 cm³/mol. The summed E-state index contributed by atoms with van der Waals surface area (Å²) in [5.74, 6) is 0.600. The Balaban J connectivity index is 1.29. The maximum absolute atomic E-state index is 11.6. The molecule has 0 radical (unpaired) electrons. The minimum Gasteiger partial charge on any atom is -0.376 e. The number of anilines is 1. The second-order valence-electron chi connectivity index (χ2n) is 9.91. The second-order valence-corrected chi connectivity index (χ2v) is 10.7. The molecule has 0 amide bonds. The predicted octanol–water partition coefficient (Wildman–Crippen LogP) is 4.95. The lowest BCUT2D eigenvalue weighted by Crippen LogP contribution is -2.56.